The molecule has 2 aromatic rings. The molecular formula is C17H22N4O3. The van der Waals surface area contributed by atoms with Crippen LogP contribution in [0.2, 0.25) is 0 Å². The Morgan fingerprint density at radius 2 is 2.08 bits per heavy atom. The van der Waals surface area contributed by atoms with Crippen molar-refractivity contribution in [3.05, 3.63) is 41.2 Å². The lowest BCUT2D eigenvalue weighted by atomic mass is 10.1. The summed E-state index contributed by atoms with van der Waals surface area (Å²) in [6, 6.07) is 7.43. The van der Waals surface area contributed by atoms with E-state index in [1.807, 2.05) is 24.3 Å². The van der Waals surface area contributed by atoms with Gasteiger partial charge in [0, 0.05) is 37.3 Å². The van der Waals surface area contributed by atoms with Gasteiger partial charge in [-0.15, -0.1) is 0 Å². The van der Waals surface area contributed by atoms with Crippen LogP contribution in [0.15, 0.2) is 24.3 Å². The number of amides is 1. The molecule has 1 aromatic carbocycles. The van der Waals surface area contributed by atoms with Gasteiger partial charge in [0.1, 0.15) is 11.5 Å². The third-order valence-corrected chi connectivity index (χ3v) is 3.96. The first kappa shape index (κ1) is 16.3. The minimum atomic E-state index is -0.138. The molecule has 1 aliphatic rings. The summed E-state index contributed by atoms with van der Waals surface area (Å²) >= 11 is 0. The van der Waals surface area contributed by atoms with Crippen molar-refractivity contribution in [3.63, 3.8) is 0 Å². The molecular weight excluding hydrogens is 308 g/mol. The lowest BCUT2D eigenvalue weighted by Crippen LogP contribution is -2.29. The highest BCUT2D eigenvalue weighted by molar-refractivity contribution is 5.94. The van der Waals surface area contributed by atoms with E-state index in [-0.39, 0.29) is 5.91 Å². The van der Waals surface area contributed by atoms with Crippen LogP contribution < -0.4 is 20.1 Å². The van der Waals surface area contributed by atoms with E-state index in [0.717, 1.165) is 42.1 Å². The second-order valence-corrected chi connectivity index (χ2v) is 5.59. The number of fused-ring (bicyclic) bond motifs is 1. The molecule has 0 saturated carbocycles. The number of nitrogens with one attached hydrogen (secondary N) is 3. The number of rotatable bonds is 7. The Hall–Kier alpha value is -2.54. The molecule has 0 saturated heterocycles. The van der Waals surface area contributed by atoms with Gasteiger partial charge in [0.25, 0.3) is 5.91 Å². The van der Waals surface area contributed by atoms with Crippen LogP contribution in [-0.4, -0.2) is 42.9 Å². The molecule has 0 aliphatic carbocycles. The van der Waals surface area contributed by atoms with E-state index in [9.17, 15) is 4.79 Å². The molecule has 0 atom stereocenters. The van der Waals surface area contributed by atoms with Crippen LogP contribution in [0.3, 0.4) is 0 Å². The molecule has 0 unspecified atom stereocenters. The molecule has 3 N–H and O–H groups in total. The summed E-state index contributed by atoms with van der Waals surface area (Å²) in [5.41, 5.74) is 2.53. The minimum absolute atomic E-state index is 0.138. The zero-order valence-corrected chi connectivity index (χ0v) is 13.7. The Labute approximate surface area is 140 Å². The van der Waals surface area contributed by atoms with E-state index in [4.69, 9.17) is 9.47 Å². The number of aromatic nitrogens is 2. The van der Waals surface area contributed by atoms with Crippen LogP contribution in [-0.2, 0) is 13.0 Å². The second-order valence-electron chi connectivity index (χ2n) is 5.59. The summed E-state index contributed by atoms with van der Waals surface area (Å²) in [7, 11) is 1.63. The van der Waals surface area contributed by atoms with Gasteiger partial charge >= 0.3 is 0 Å². The fourth-order valence-corrected chi connectivity index (χ4v) is 2.63. The monoisotopic (exact) mass is 330 g/mol. The SMILES string of the molecule is COc1ccc(OCCCNC(=O)c2n[nH]c3c2CNCC3)cc1. The zero-order valence-electron chi connectivity index (χ0n) is 13.7. The number of aromatic amines is 1. The number of carbonyl (C=O) groups excluding carboxylic acids is 1. The molecule has 1 aromatic heterocycles. The van der Waals surface area contributed by atoms with Gasteiger partial charge < -0.3 is 20.1 Å². The summed E-state index contributed by atoms with van der Waals surface area (Å²) in [6.45, 7) is 2.69. The van der Waals surface area contributed by atoms with Crippen LogP contribution in [0.5, 0.6) is 11.5 Å². The number of nitrogens with zero attached hydrogens (tertiary/aromatic N) is 1. The summed E-state index contributed by atoms with van der Waals surface area (Å²) < 4.78 is 10.7. The number of hydrogen-bond acceptors (Lipinski definition) is 5. The Morgan fingerprint density at radius 3 is 2.88 bits per heavy atom. The normalized spacial score (nSPS) is 13.2. The quantitative estimate of drug-likeness (QED) is 0.665. The molecule has 0 spiro atoms. The van der Waals surface area contributed by atoms with Crippen molar-refractivity contribution in [1.82, 2.24) is 20.8 Å². The maximum absolute atomic E-state index is 12.2. The van der Waals surface area contributed by atoms with Crippen molar-refractivity contribution in [2.24, 2.45) is 0 Å². The lowest BCUT2D eigenvalue weighted by molar-refractivity contribution is 0.0945. The largest absolute Gasteiger partial charge is 0.497 e. The Bertz CT molecular complexity index is 682. The van der Waals surface area contributed by atoms with E-state index >= 15 is 0 Å². The first-order valence-corrected chi connectivity index (χ1v) is 8.10. The molecule has 2 heterocycles. The van der Waals surface area contributed by atoms with E-state index in [1.165, 1.54) is 0 Å². The molecule has 3 rings (SSSR count). The summed E-state index contributed by atoms with van der Waals surface area (Å²) in [5.74, 6) is 1.45. The lowest BCUT2D eigenvalue weighted by Gasteiger charge is -2.13. The van der Waals surface area contributed by atoms with Crippen molar-refractivity contribution >= 4 is 5.91 Å². The van der Waals surface area contributed by atoms with Crippen molar-refractivity contribution in [1.29, 1.82) is 0 Å². The minimum Gasteiger partial charge on any atom is -0.497 e. The number of ether oxygens (including phenoxy) is 2. The van der Waals surface area contributed by atoms with E-state index in [2.05, 4.69) is 20.8 Å². The molecule has 1 amide bonds. The maximum Gasteiger partial charge on any atom is 0.272 e. The fraction of sp³-hybridized carbons (Fsp3) is 0.412. The Kier molecular flexibility index (Phi) is 5.32. The first-order valence-electron chi connectivity index (χ1n) is 8.10. The first-order chi connectivity index (χ1) is 11.8. The van der Waals surface area contributed by atoms with E-state index in [0.29, 0.717) is 25.4 Å². The van der Waals surface area contributed by atoms with E-state index < -0.39 is 0 Å². The maximum atomic E-state index is 12.2. The molecule has 7 nitrogen and oxygen atoms in total. The number of H-pyrrole nitrogens is 1. The van der Waals surface area contributed by atoms with E-state index in [1.54, 1.807) is 7.11 Å². The number of benzene rings is 1. The van der Waals surface area contributed by atoms with Crippen molar-refractivity contribution in [2.75, 3.05) is 26.8 Å². The molecule has 0 bridgehead atoms. The van der Waals surface area contributed by atoms with Crippen molar-refractivity contribution < 1.29 is 14.3 Å². The van der Waals surface area contributed by atoms with Gasteiger partial charge in [-0.25, -0.2) is 0 Å². The number of carbonyl (C=O) groups is 1. The number of hydrogen-bond donors (Lipinski definition) is 3. The van der Waals surface area contributed by atoms with Gasteiger partial charge in [-0.3, -0.25) is 9.89 Å². The standard InChI is InChI=1S/C17H22N4O3/c1-23-12-3-5-13(6-4-12)24-10-2-8-19-17(22)16-14-11-18-9-7-15(14)20-21-16/h3-6,18H,2,7-11H2,1H3,(H,19,22)(H,20,21). The van der Waals surface area contributed by atoms with Crippen LogP contribution in [0.25, 0.3) is 0 Å². The fourth-order valence-electron chi connectivity index (χ4n) is 2.63. The highest BCUT2D eigenvalue weighted by Gasteiger charge is 2.20. The zero-order chi connectivity index (χ0) is 16.8. The van der Waals surface area contributed by atoms with Crippen LogP contribution in [0.4, 0.5) is 0 Å². The summed E-state index contributed by atoms with van der Waals surface area (Å²) in [5, 5.41) is 13.2. The highest BCUT2D eigenvalue weighted by atomic mass is 16.5. The average Bonchev–Trinajstić information content (AvgIpc) is 3.06. The van der Waals surface area contributed by atoms with Gasteiger partial charge in [0.2, 0.25) is 0 Å². The van der Waals surface area contributed by atoms with Crippen molar-refractivity contribution in [2.45, 2.75) is 19.4 Å². The Balaban J connectivity index is 1.40. The average molecular weight is 330 g/mol. The smallest absolute Gasteiger partial charge is 0.272 e. The van der Waals surface area contributed by atoms with Crippen LogP contribution in [0, 0.1) is 0 Å². The van der Waals surface area contributed by atoms with Gasteiger partial charge in [-0.1, -0.05) is 0 Å². The van der Waals surface area contributed by atoms with Crippen LogP contribution >= 0.6 is 0 Å². The van der Waals surface area contributed by atoms with Crippen molar-refractivity contribution in [3.8, 4) is 11.5 Å². The molecule has 24 heavy (non-hydrogen) atoms. The van der Waals surface area contributed by atoms with Gasteiger partial charge in [-0.05, 0) is 30.7 Å². The molecule has 128 valence electrons. The highest BCUT2D eigenvalue weighted by Crippen LogP contribution is 2.17. The van der Waals surface area contributed by atoms with Crippen LogP contribution in [0.1, 0.15) is 28.2 Å². The molecule has 0 radical (unpaired) electrons. The summed E-state index contributed by atoms with van der Waals surface area (Å²) in [4.78, 5) is 12.2. The Morgan fingerprint density at radius 1 is 1.29 bits per heavy atom. The topological polar surface area (TPSA) is 88.3 Å². The van der Waals surface area contributed by atoms with Gasteiger partial charge in [0.15, 0.2) is 5.69 Å². The van der Waals surface area contributed by atoms with Gasteiger partial charge in [0.05, 0.1) is 13.7 Å². The second kappa shape index (κ2) is 7.83. The number of methoxy groups -OCH3 is 1. The third-order valence-electron chi connectivity index (χ3n) is 3.96. The predicted molar refractivity (Wildman–Crippen MR) is 89.4 cm³/mol. The molecule has 1 aliphatic heterocycles. The molecule has 7 heteroatoms. The van der Waals surface area contributed by atoms with Gasteiger partial charge in [-0.2, -0.15) is 5.10 Å². The predicted octanol–water partition coefficient (Wildman–Crippen LogP) is 1.26. The summed E-state index contributed by atoms with van der Waals surface area (Å²) in [6.07, 6.45) is 1.61. The third kappa shape index (κ3) is 3.86. The molecule has 0 fully saturated rings.